The molecule has 0 heterocycles. The molecule has 0 saturated heterocycles. The first-order valence-electron chi connectivity index (χ1n) is 10.7. The number of nitrogens with one attached hydrogen (secondary N) is 1. The van der Waals surface area contributed by atoms with Crippen LogP contribution in [0.1, 0.15) is 28.2 Å². The number of rotatable bonds is 8. The third kappa shape index (κ3) is 6.13. The predicted molar refractivity (Wildman–Crippen MR) is 140 cm³/mol. The molecule has 1 N–H and O–H groups in total. The average molecular weight is 534 g/mol. The van der Waals surface area contributed by atoms with E-state index in [1.54, 1.807) is 6.21 Å². The summed E-state index contributed by atoms with van der Waals surface area (Å²) >= 11 is 9.73. The molecule has 0 radical (unpaired) electrons. The summed E-state index contributed by atoms with van der Waals surface area (Å²) in [5.74, 6) is 0.0357. The summed E-state index contributed by atoms with van der Waals surface area (Å²) in [5, 5.41) is 4.85. The molecular formula is C28H22BrClN2O2. The highest BCUT2D eigenvalue weighted by atomic mass is 79.9. The van der Waals surface area contributed by atoms with Gasteiger partial charge >= 0.3 is 0 Å². The van der Waals surface area contributed by atoms with Crippen molar-refractivity contribution in [1.29, 1.82) is 0 Å². The van der Waals surface area contributed by atoms with Crippen LogP contribution in [0.25, 0.3) is 0 Å². The predicted octanol–water partition coefficient (Wildman–Crippen LogP) is 6.96. The van der Waals surface area contributed by atoms with Gasteiger partial charge < -0.3 is 4.74 Å². The standard InChI is InChI=1S/C28H22BrClN2O2/c29-24-17-20(15-16-26(24)34-19-23-13-7-8-14-25(23)30)18-31-32-28(33)27(21-9-3-1-4-10-21)22-11-5-2-6-12-22/h1-18,27H,19H2,(H,32,33)/b31-18+. The molecule has 4 nitrogen and oxygen atoms in total. The second-order valence-corrected chi connectivity index (χ2v) is 8.82. The lowest BCUT2D eigenvalue weighted by atomic mass is 9.91. The van der Waals surface area contributed by atoms with Crippen molar-refractivity contribution in [1.82, 2.24) is 5.43 Å². The molecule has 0 bridgehead atoms. The Morgan fingerprint density at radius 2 is 1.53 bits per heavy atom. The van der Waals surface area contributed by atoms with Gasteiger partial charge in [-0.1, -0.05) is 90.5 Å². The molecule has 0 aliphatic rings. The van der Waals surface area contributed by atoms with Gasteiger partial charge in [0.2, 0.25) is 0 Å². The molecule has 0 atom stereocenters. The maximum Gasteiger partial charge on any atom is 0.252 e. The Bertz CT molecular complexity index is 1240. The molecule has 6 heteroatoms. The molecule has 1 amide bonds. The lowest BCUT2D eigenvalue weighted by Gasteiger charge is -2.16. The fourth-order valence-electron chi connectivity index (χ4n) is 3.51. The van der Waals surface area contributed by atoms with E-state index in [1.165, 1.54) is 0 Å². The number of nitrogens with zero attached hydrogens (tertiary/aromatic N) is 1. The Morgan fingerprint density at radius 1 is 0.912 bits per heavy atom. The van der Waals surface area contributed by atoms with Crippen molar-refractivity contribution < 1.29 is 9.53 Å². The number of carbonyl (C=O) groups excluding carboxylic acids is 1. The van der Waals surface area contributed by atoms with E-state index in [0.29, 0.717) is 17.4 Å². The van der Waals surface area contributed by atoms with Gasteiger partial charge in [0, 0.05) is 10.6 Å². The van der Waals surface area contributed by atoms with E-state index < -0.39 is 5.92 Å². The topological polar surface area (TPSA) is 50.7 Å². The minimum atomic E-state index is -0.452. The maximum absolute atomic E-state index is 13.0. The summed E-state index contributed by atoms with van der Waals surface area (Å²) in [6, 6.07) is 32.5. The quantitative estimate of drug-likeness (QED) is 0.196. The minimum Gasteiger partial charge on any atom is -0.488 e. The van der Waals surface area contributed by atoms with Crippen LogP contribution in [0, 0.1) is 0 Å². The number of ether oxygens (including phenoxy) is 1. The van der Waals surface area contributed by atoms with Crippen LogP contribution in [-0.2, 0) is 11.4 Å². The molecule has 0 aliphatic carbocycles. The first kappa shape index (κ1) is 23.7. The van der Waals surface area contributed by atoms with Gasteiger partial charge in [-0.05, 0) is 56.9 Å². The van der Waals surface area contributed by atoms with E-state index in [0.717, 1.165) is 26.7 Å². The number of carbonyl (C=O) groups is 1. The Balaban J connectivity index is 1.42. The van der Waals surface area contributed by atoms with Gasteiger partial charge in [-0.25, -0.2) is 5.43 Å². The van der Waals surface area contributed by atoms with Gasteiger partial charge in [0.15, 0.2) is 0 Å². The molecule has 34 heavy (non-hydrogen) atoms. The van der Waals surface area contributed by atoms with E-state index >= 15 is 0 Å². The fourth-order valence-corrected chi connectivity index (χ4v) is 4.21. The van der Waals surface area contributed by atoms with Crippen LogP contribution in [0.2, 0.25) is 5.02 Å². The minimum absolute atomic E-state index is 0.201. The average Bonchev–Trinajstić information content (AvgIpc) is 2.86. The number of halogens is 2. The Kier molecular flexibility index (Phi) is 8.12. The van der Waals surface area contributed by atoms with E-state index in [-0.39, 0.29) is 5.91 Å². The van der Waals surface area contributed by atoms with E-state index in [9.17, 15) is 4.79 Å². The van der Waals surface area contributed by atoms with Gasteiger partial charge in [-0.15, -0.1) is 0 Å². The van der Waals surface area contributed by atoms with Crippen molar-refractivity contribution in [3.8, 4) is 5.75 Å². The Hall–Kier alpha value is -3.41. The fraction of sp³-hybridized carbons (Fsp3) is 0.0714. The Morgan fingerprint density at radius 3 is 2.15 bits per heavy atom. The third-order valence-corrected chi connectivity index (χ3v) is 6.20. The number of amides is 1. The van der Waals surface area contributed by atoms with Gasteiger partial charge in [0.25, 0.3) is 5.91 Å². The molecule has 4 aromatic rings. The highest BCUT2D eigenvalue weighted by Gasteiger charge is 2.22. The molecule has 0 fully saturated rings. The molecular weight excluding hydrogens is 512 g/mol. The van der Waals surface area contributed by atoms with E-state index in [2.05, 4.69) is 26.5 Å². The summed E-state index contributed by atoms with van der Waals surface area (Å²) in [4.78, 5) is 13.0. The monoisotopic (exact) mass is 532 g/mol. The van der Waals surface area contributed by atoms with Gasteiger partial charge in [-0.3, -0.25) is 4.79 Å². The van der Waals surface area contributed by atoms with Gasteiger partial charge in [0.1, 0.15) is 12.4 Å². The second-order valence-electron chi connectivity index (χ2n) is 7.56. The zero-order valence-corrected chi connectivity index (χ0v) is 20.5. The number of hydrogen-bond donors (Lipinski definition) is 1. The highest BCUT2D eigenvalue weighted by molar-refractivity contribution is 9.10. The normalized spacial score (nSPS) is 11.0. The summed E-state index contributed by atoms with van der Waals surface area (Å²) in [6.45, 7) is 0.363. The summed E-state index contributed by atoms with van der Waals surface area (Å²) in [5.41, 5.74) is 6.22. The first-order valence-corrected chi connectivity index (χ1v) is 11.9. The zero-order chi connectivity index (χ0) is 23.8. The van der Waals surface area contributed by atoms with Crippen LogP contribution in [0.4, 0.5) is 0 Å². The van der Waals surface area contributed by atoms with Crippen molar-refractivity contribution in [3.05, 3.63) is 135 Å². The second kappa shape index (κ2) is 11.6. The van der Waals surface area contributed by atoms with Crippen molar-refractivity contribution >= 4 is 39.7 Å². The number of hydrogen-bond acceptors (Lipinski definition) is 3. The van der Waals surface area contributed by atoms with Crippen LogP contribution in [-0.4, -0.2) is 12.1 Å². The summed E-state index contributed by atoms with van der Waals surface area (Å²) < 4.78 is 6.66. The van der Waals surface area contributed by atoms with Gasteiger partial charge in [0.05, 0.1) is 16.6 Å². The number of hydrazone groups is 1. The zero-order valence-electron chi connectivity index (χ0n) is 18.2. The van der Waals surface area contributed by atoms with Crippen molar-refractivity contribution in [2.75, 3.05) is 0 Å². The molecule has 0 aromatic heterocycles. The highest BCUT2D eigenvalue weighted by Crippen LogP contribution is 2.28. The lowest BCUT2D eigenvalue weighted by Crippen LogP contribution is -2.26. The van der Waals surface area contributed by atoms with Crippen LogP contribution in [0.15, 0.2) is 113 Å². The molecule has 0 aliphatic heterocycles. The van der Waals surface area contributed by atoms with Crippen LogP contribution < -0.4 is 10.2 Å². The largest absolute Gasteiger partial charge is 0.488 e. The van der Waals surface area contributed by atoms with Crippen molar-refractivity contribution in [2.24, 2.45) is 5.10 Å². The molecule has 4 rings (SSSR count). The first-order chi connectivity index (χ1) is 16.6. The van der Waals surface area contributed by atoms with Crippen LogP contribution >= 0.6 is 27.5 Å². The van der Waals surface area contributed by atoms with Crippen LogP contribution in [0.3, 0.4) is 0 Å². The van der Waals surface area contributed by atoms with E-state index in [4.69, 9.17) is 16.3 Å². The third-order valence-electron chi connectivity index (χ3n) is 5.21. The molecule has 170 valence electrons. The van der Waals surface area contributed by atoms with Crippen molar-refractivity contribution in [2.45, 2.75) is 12.5 Å². The molecule has 0 spiro atoms. The molecule has 4 aromatic carbocycles. The summed E-state index contributed by atoms with van der Waals surface area (Å²) in [7, 11) is 0. The molecule has 0 unspecified atom stereocenters. The SMILES string of the molecule is O=C(N/N=C/c1ccc(OCc2ccccc2Cl)c(Br)c1)C(c1ccccc1)c1ccccc1. The van der Waals surface area contributed by atoms with Gasteiger partial charge in [-0.2, -0.15) is 5.10 Å². The summed E-state index contributed by atoms with van der Waals surface area (Å²) in [6.07, 6.45) is 1.60. The maximum atomic E-state index is 13.0. The number of benzene rings is 4. The Labute approximate surface area is 212 Å². The lowest BCUT2D eigenvalue weighted by molar-refractivity contribution is -0.121. The smallest absolute Gasteiger partial charge is 0.252 e. The molecule has 0 saturated carbocycles. The van der Waals surface area contributed by atoms with Crippen molar-refractivity contribution in [3.63, 3.8) is 0 Å². The van der Waals surface area contributed by atoms with Crippen LogP contribution in [0.5, 0.6) is 5.75 Å². The van der Waals surface area contributed by atoms with E-state index in [1.807, 2.05) is 103 Å².